The fraction of sp³-hybridized carbons (Fsp3) is 0.467. The van der Waals surface area contributed by atoms with E-state index >= 15 is 0 Å². The van der Waals surface area contributed by atoms with Crippen LogP contribution in [0.3, 0.4) is 0 Å². The lowest BCUT2D eigenvalue weighted by Crippen LogP contribution is -2.45. The van der Waals surface area contributed by atoms with Crippen molar-refractivity contribution in [1.29, 1.82) is 0 Å². The summed E-state index contributed by atoms with van der Waals surface area (Å²) in [7, 11) is 0. The number of amides is 1. The van der Waals surface area contributed by atoms with Crippen LogP contribution in [0.5, 0.6) is 0 Å². The van der Waals surface area contributed by atoms with Crippen molar-refractivity contribution in [3.05, 3.63) is 29.6 Å². The van der Waals surface area contributed by atoms with Crippen LogP contribution >= 0.6 is 0 Å². The van der Waals surface area contributed by atoms with Crippen LogP contribution in [0.25, 0.3) is 0 Å². The van der Waals surface area contributed by atoms with Crippen LogP contribution in [0.1, 0.15) is 26.3 Å². The van der Waals surface area contributed by atoms with E-state index in [9.17, 15) is 19.1 Å². The van der Waals surface area contributed by atoms with E-state index in [0.29, 0.717) is 11.3 Å². The lowest BCUT2D eigenvalue weighted by Gasteiger charge is -2.34. The fourth-order valence-electron chi connectivity index (χ4n) is 2.28. The first-order valence-corrected chi connectivity index (χ1v) is 6.69. The Morgan fingerprint density at radius 2 is 2.05 bits per heavy atom. The maximum absolute atomic E-state index is 13.3. The van der Waals surface area contributed by atoms with Gasteiger partial charge < -0.3 is 9.84 Å². The summed E-state index contributed by atoms with van der Waals surface area (Å²) >= 11 is 0. The SMILES string of the molecule is CC(C)(C)OC(=O)N1CC(C(=O)O)Cc2cc(F)ccc21. The Kier molecular flexibility index (Phi) is 3.89. The molecule has 0 bridgehead atoms. The smallest absolute Gasteiger partial charge is 0.414 e. The van der Waals surface area contributed by atoms with E-state index < -0.39 is 29.4 Å². The van der Waals surface area contributed by atoms with Gasteiger partial charge in [0, 0.05) is 6.54 Å². The van der Waals surface area contributed by atoms with E-state index in [1.54, 1.807) is 20.8 Å². The summed E-state index contributed by atoms with van der Waals surface area (Å²) in [6, 6.07) is 3.99. The number of ether oxygens (including phenoxy) is 1. The lowest BCUT2D eigenvalue weighted by atomic mass is 9.92. The molecule has 2 rings (SSSR count). The van der Waals surface area contributed by atoms with Gasteiger partial charge in [0.15, 0.2) is 0 Å². The van der Waals surface area contributed by atoms with E-state index in [2.05, 4.69) is 0 Å². The van der Waals surface area contributed by atoms with Crippen molar-refractivity contribution in [2.45, 2.75) is 32.8 Å². The largest absolute Gasteiger partial charge is 0.481 e. The molecular weight excluding hydrogens is 277 g/mol. The van der Waals surface area contributed by atoms with Crippen molar-refractivity contribution < 1.29 is 23.8 Å². The minimum absolute atomic E-state index is 0.0167. The highest BCUT2D eigenvalue weighted by Crippen LogP contribution is 2.31. The normalized spacial score (nSPS) is 18.1. The summed E-state index contributed by atoms with van der Waals surface area (Å²) in [5.41, 5.74) is 0.315. The molecule has 5 nitrogen and oxygen atoms in total. The summed E-state index contributed by atoms with van der Waals surface area (Å²) in [6.45, 7) is 5.21. The molecule has 1 N–H and O–H groups in total. The second-order valence-electron chi connectivity index (χ2n) is 6.10. The number of fused-ring (bicyclic) bond motifs is 1. The highest BCUT2D eigenvalue weighted by atomic mass is 19.1. The molecule has 1 aliphatic rings. The van der Waals surface area contributed by atoms with Crippen LogP contribution in [0.15, 0.2) is 18.2 Å². The standard InChI is InChI=1S/C15H18FNO4/c1-15(2,3)21-14(20)17-8-10(13(18)19)6-9-7-11(16)4-5-12(9)17/h4-5,7,10H,6,8H2,1-3H3,(H,18,19). The number of aliphatic carboxylic acids is 1. The zero-order valence-electron chi connectivity index (χ0n) is 12.2. The van der Waals surface area contributed by atoms with Gasteiger partial charge in [-0.05, 0) is 51.0 Å². The summed E-state index contributed by atoms with van der Waals surface area (Å²) < 4.78 is 18.6. The zero-order valence-corrected chi connectivity index (χ0v) is 12.2. The zero-order chi connectivity index (χ0) is 15.8. The van der Waals surface area contributed by atoms with Crippen molar-refractivity contribution in [3.8, 4) is 0 Å². The Balaban J connectivity index is 2.36. The third-order valence-electron chi connectivity index (χ3n) is 3.16. The van der Waals surface area contributed by atoms with Crippen molar-refractivity contribution in [2.24, 2.45) is 5.92 Å². The maximum Gasteiger partial charge on any atom is 0.414 e. The van der Waals surface area contributed by atoms with Crippen LogP contribution in [-0.2, 0) is 16.0 Å². The molecule has 6 heteroatoms. The number of halogens is 1. The number of nitrogens with zero attached hydrogens (tertiary/aromatic N) is 1. The van der Waals surface area contributed by atoms with Crippen molar-refractivity contribution in [3.63, 3.8) is 0 Å². The number of rotatable bonds is 1. The molecular formula is C15H18FNO4. The molecule has 0 spiro atoms. The van der Waals surface area contributed by atoms with Gasteiger partial charge in [0.2, 0.25) is 0 Å². The molecule has 1 atom stereocenters. The molecule has 1 amide bonds. The second-order valence-corrected chi connectivity index (χ2v) is 6.10. The lowest BCUT2D eigenvalue weighted by molar-refractivity contribution is -0.141. The Labute approximate surface area is 122 Å². The van der Waals surface area contributed by atoms with Gasteiger partial charge in [0.1, 0.15) is 11.4 Å². The molecule has 0 fully saturated rings. The van der Waals surface area contributed by atoms with E-state index in [0.717, 1.165) is 0 Å². The van der Waals surface area contributed by atoms with Crippen LogP contribution < -0.4 is 4.90 Å². The molecule has 21 heavy (non-hydrogen) atoms. The molecule has 1 aliphatic heterocycles. The maximum atomic E-state index is 13.3. The van der Waals surface area contributed by atoms with Gasteiger partial charge in [-0.15, -0.1) is 0 Å². The molecule has 0 saturated carbocycles. The molecule has 1 aromatic carbocycles. The van der Waals surface area contributed by atoms with Gasteiger partial charge in [-0.3, -0.25) is 9.69 Å². The number of carboxylic acids is 1. The molecule has 0 aliphatic carbocycles. The van der Waals surface area contributed by atoms with Crippen LogP contribution in [-0.4, -0.2) is 29.3 Å². The predicted octanol–water partition coefficient (Wildman–Crippen LogP) is 2.82. The van der Waals surface area contributed by atoms with Crippen LogP contribution in [0, 0.1) is 11.7 Å². The van der Waals surface area contributed by atoms with Gasteiger partial charge >= 0.3 is 12.1 Å². The van der Waals surface area contributed by atoms with Gasteiger partial charge in [-0.2, -0.15) is 0 Å². The van der Waals surface area contributed by atoms with E-state index in [-0.39, 0.29) is 13.0 Å². The average molecular weight is 295 g/mol. The van der Waals surface area contributed by atoms with Gasteiger partial charge in [0.25, 0.3) is 0 Å². The molecule has 1 heterocycles. The number of hydrogen-bond donors (Lipinski definition) is 1. The average Bonchev–Trinajstić information content (AvgIpc) is 2.34. The Morgan fingerprint density at radius 1 is 1.38 bits per heavy atom. The second kappa shape index (κ2) is 5.35. The summed E-state index contributed by atoms with van der Waals surface area (Å²) in [6.07, 6.45) is -0.428. The molecule has 1 unspecified atom stereocenters. The summed E-state index contributed by atoms with van der Waals surface area (Å²) in [5, 5.41) is 9.19. The first kappa shape index (κ1) is 15.3. The van der Waals surface area contributed by atoms with Gasteiger partial charge in [-0.25, -0.2) is 9.18 Å². The number of anilines is 1. The fourth-order valence-corrected chi connectivity index (χ4v) is 2.28. The number of carbonyl (C=O) groups excluding carboxylic acids is 1. The number of benzene rings is 1. The number of hydrogen-bond acceptors (Lipinski definition) is 3. The van der Waals surface area contributed by atoms with E-state index in [1.807, 2.05) is 0 Å². The molecule has 114 valence electrons. The molecule has 0 aromatic heterocycles. The van der Waals surface area contributed by atoms with Crippen molar-refractivity contribution >= 4 is 17.7 Å². The van der Waals surface area contributed by atoms with Crippen molar-refractivity contribution in [1.82, 2.24) is 0 Å². The van der Waals surface area contributed by atoms with E-state index in [1.165, 1.54) is 23.1 Å². The van der Waals surface area contributed by atoms with Crippen LogP contribution in [0.2, 0.25) is 0 Å². The third kappa shape index (κ3) is 3.51. The monoisotopic (exact) mass is 295 g/mol. The topological polar surface area (TPSA) is 66.8 Å². The Morgan fingerprint density at radius 3 is 2.62 bits per heavy atom. The van der Waals surface area contributed by atoms with Crippen LogP contribution in [0.4, 0.5) is 14.9 Å². The summed E-state index contributed by atoms with van der Waals surface area (Å²) in [5.74, 6) is -2.24. The highest BCUT2D eigenvalue weighted by Gasteiger charge is 2.34. The van der Waals surface area contributed by atoms with E-state index in [4.69, 9.17) is 4.74 Å². The first-order chi connectivity index (χ1) is 9.67. The molecule has 0 saturated heterocycles. The molecule has 0 radical (unpaired) electrons. The van der Waals surface area contributed by atoms with Crippen molar-refractivity contribution in [2.75, 3.05) is 11.4 Å². The Hall–Kier alpha value is -2.11. The minimum Gasteiger partial charge on any atom is -0.481 e. The quantitative estimate of drug-likeness (QED) is 0.865. The first-order valence-electron chi connectivity index (χ1n) is 6.69. The van der Waals surface area contributed by atoms with Gasteiger partial charge in [0.05, 0.1) is 11.6 Å². The van der Waals surface area contributed by atoms with Gasteiger partial charge in [-0.1, -0.05) is 0 Å². The predicted molar refractivity (Wildman–Crippen MR) is 74.8 cm³/mol. The Bertz CT molecular complexity index is 580. The number of carboxylic acid groups (broad SMARTS) is 1. The minimum atomic E-state index is -1.02. The summed E-state index contributed by atoms with van der Waals surface area (Å²) in [4.78, 5) is 24.7. The highest BCUT2D eigenvalue weighted by molar-refractivity contribution is 5.91. The number of carbonyl (C=O) groups is 2. The molecule has 1 aromatic rings. The third-order valence-corrected chi connectivity index (χ3v) is 3.16.